The lowest BCUT2D eigenvalue weighted by Gasteiger charge is -2.01. The molecule has 0 aromatic heterocycles. The van der Waals surface area contributed by atoms with E-state index in [1.165, 1.54) is 31.2 Å². The molecule has 0 aliphatic rings. The third kappa shape index (κ3) is 3.71. The van der Waals surface area contributed by atoms with Crippen LogP contribution in [0.25, 0.3) is 0 Å². The summed E-state index contributed by atoms with van der Waals surface area (Å²) in [5.74, 6) is -1.79. The van der Waals surface area contributed by atoms with Crippen molar-refractivity contribution in [3.63, 3.8) is 0 Å². The lowest BCUT2D eigenvalue weighted by atomic mass is 10.2. The Balaban J connectivity index is 2.74. The van der Waals surface area contributed by atoms with E-state index in [1.807, 2.05) is 0 Å². The van der Waals surface area contributed by atoms with Crippen LogP contribution in [0.3, 0.4) is 0 Å². The molecule has 1 aromatic rings. The van der Waals surface area contributed by atoms with E-state index in [0.717, 1.165) is 6.08 Å². The number of hydrogen-bond acceptors (Lipinski definition) is 4. The van der Waals surface area contributed by atoms with Gasteiger partial charge in [-0.05, 0) is 19.1 Å². The first kappa shape index (κ1) is 13.4. The Hall–Kier alpha value is -2.70. The minimum absolute atomic E-state index is 0.0924. The van der Waals surface area contributed by atoms with Crippen molar-refractivity contribution >= 4 is 23.3 Å². The molecule has 94 valence electrons. The number of hydrogen-bond donors (Lipinski definition) is 2. The van der Waals surface area contributed by atoms with Crippen LogP contribution in [-0.4, -0.2) is 21.9 Å². The smallest absolute Gasteiger partial charge is 0.331 e. The standard InChI is InChI=1S/C11H10N2O5/c1-7(11(15)16)6-10(14)12-8-2-4-9(5-3-8)13(17)18/h2-6H,1H3,(H,12,14)(H,15,16)/b7-6-. The molecule has 0 radical (unpaired) electrons. The highest BCUT2D eigenvalue weighted by Crippen LogP contribution is 2.15. The van der Waals surface area contributed by atoms with Crippen molar-refractivity contribution in [2.75, 3.05) is 5.32 Å². The molecule has 0 unspecified atom stereocenters. The number of aliphatic carboxylic acids is 1. The largest absolute Gasteiger partial charge is 0.478 e. The number of amides is 1. The molecule has 0 fully saturated rings. The summed E-state index contributed by atoms with van der Waals surface area (Å²) >= 11 is 0. The summed E-state index contributed by atoms with van der Waals surface area (Å²) < 4.78 is 0. The van der Waals surface area contributed by atoms with E-state index in [2.05, 4.69) is 5.32 Å². The van der Waals surface area contributed by atoms with Crippen LogP contribution in [-0.2, 0) is 9.59 Å². The van der Waals surface area contributed by atoms with Crippen LogP contribution in [0.4, 0.5) is 11.4 Å². The fourth-order valence-electron chi connectivity index (χ4n) is 1.10. The van der Waals surface area contributed by atoms with Gasteiger partial charge in [0.15, 0.2) is 0 Å². The van der Waals surface area contributed by atoms with Gasteiger partial charge in [0.05, 0.1) is 4.92 Å². The highest BCUT2D eigenvalue weighted by molar-refractivity contribution is 6.04. The molecule has 0 bridgehead atoms. The third-order valence-corrected chi connectivity index (χ3v) is 2.03. The van der Waals surface area contributed by atoms with E-state index in [9.17, 15) is 19.7 Å². The van der Waals surface area contributed by atoms with Crippen LogP contribution in [0.1, 0.15) is 6.92 Å². The molecule has 1 amide bonds. The van der Waals surface area contributed by atoms with E-state index >= 15 is 0 Å². The maximum absolute atomic E-state index is 11.4. The van der Waals surface area contributed by atoms with Crippen LogP contribution >= 0.6 is 0 Å². The first-order chi connectivity index (χ1) is 8.40. The molecular formula is C11H10N2O5. The maximum Gasteiger partial charge on any atom is 0.331 e. The van der Waals surface area contributed by atoms with Gasteiger partial charge in [-0.15, -0.1) is 0 Å². The Morgan fingerprint density at radius 2 is 1.89 bits per heavy atom. The number of carbonyl (C=O) groups is 2. The van der Waals surface area contributed by atoms with Gasteiger partial charge in [-0.1, -0.05) is 0 Å². The highest BCUT2D eigenvalue weighted by atomic mass is 16.6. The summed E-state index contributed by atoms with van der Waals surface area (Å²) in [6, 6.07) is 5.20. The zero-order chi connectivity index (χ0) is 13.7. The number of carboxylic acid groups (broad SMARTS) is 1. The topological polar surface area (TPSA) is 110 Å². The second kappa shape index (κ2) is 5.58. The minimum atomic E-state index is -1.19. The molecule has 0 saturated heterocycles. The third-order valence-electron chi connectivity index (χ3n) is 2.03. The van der Waals surface area contributed by atoms with Crippen molar-refractivity contribution in [3.05, 3.63) is 46.0 Å². The van der Waals surface area contributed by atoms with Gasteiger partial charge in [0.1, 0.15) is 0 Å². The van der Waals surface area contributed by atoms with Gasteiger partial charge in [0, 0.05) is 29.5 Å². The number of non-ortho nitro benzene ring substituents is 1. The summed E-state index contributed by atoms with van der Waals surface area (Å²) in [7, 11) is 0. The molecule has 0 spiro atoms. The van der Waals surface area contributed by atoms with E-state index in [0.29, 0.717) is 5.69 Å². The summed E-state index contributed by atoms with van der Waals surface area (Å²) in [6.45, 7) is 1.29. The lowest BCUT2D eigenvalue weighted by Crippen LogP contribution is -2.10. The fourth-order valence-corrected chi connectivity index (χ4v) is 1.10. The fraction of sp³-hybridized carbons (Fsp3) is 0.0909. The van der Waals surface area contributed by atoms with Crippen LogP contribution in [0, 0.1) is 10.1 Å². The molecular weight excluding hydrogens is 240 g/mol. The number of nitrogens with zero attached hydrogens (tertiary/aromatic N) is 1. The first-order valence-corrected chi connectivity index (χ1v) is 4.87. The first-order valence-electron chi connectivity index (χ1n) is 4.87. The number of nitro groups is 1. The lowest BCUT2D eigenvalue weighted by molar-refractivity contribution is -0.384. The Kier molecular flexibility index (Phi) is 4.14. The number of benzene rings is 1. The van der Waals surface area contributed by atoms with Crippen molar-refractivity contribution in [1.29, 1.82) is 0 Å². The molecule has 2 N–H and O–H groups in total. The SMILES string of the molecule is C/C(=C/C(=O)Nc1ccc([N+](=O)[O-])cc1)C(=O)O. The van der Waals surface area contributed by atoms with Crippen LogP contribution < -0.4 is 5.32 Å². The van der Waals surface area contributed by atoms with Crippen molar-refractivity contribution in [1.82, 2.24) is 0 Å². The molecule has 0 atom stereocenters. The Labute approximate surface area is 102 Å². The van der Waals surface area contributed by atoms with Gasteiger partial charge >= 0.3 is 5.97 Å². The van der Waals surface area contributed by atoms with Gasteiger partial charge in [-0.3, -0.25) is 14.9 Å². The van der Waals surface area contributed by atoms with E-state index in [-0.39, 0.29) is 11.3 Å². The van der Waals surface area contributed by atoms with Crippen molar-refractivity contribution < 1.29 is 19.6 Å². The predicted octanol–water partition coefficient (Wildman–Crippen LogP) is 1.56. The number of anilines is 1. The number of rotatable bonds is 4. The minimum Gasteiger partial charge on any atom is -0.478 e. The Morgan fingerprint density at radius 1 is 1.33 bits per heavy atom. The molecule has 18 heavy (non-hydrogen) atoms. The molecule has 0 aliphatic heterocycles. The van der Waals surface area contributed by atoms with E-state index in [4.69, 9.17) is 5.11 Å². The quantitative estimate of drug-likeness (QED) is 0.478. The number of nitro benzene ring substituents is 1. The molecule has 1 aromatic carbocycles. The maximum atomic E-state index is 11.4. The van der Waals surface area contributed by atoms with E-state index < -0.39 is 16.8 Å². The highest BCUT2D eigenvalue weighted by Gasteiger charge is 2.07. The zero-order valence-electron chi connectivity index (χ0n) is 9.41. The van der Waals surface area contributed by atoms with Gasteiger partial charge in [0.2, 0.25) is 5.91 Å². The van der Waals surface area contributed by atoms with Crippen LogP contribution in [0.5, 0.6) is 0 Å². The average molecular weight is 250 g/mol. The molecule has 0 aliphatic carbocycles. The molecule has 0 saturated carbocycles. The second-order valence-electron chi connectivity index (χ2n) is 3.43. The molecule has 7 heteroatoms. The summed E-state index contributed by atoms with van der Waals surface area (Å²) in [6.07, 6.45) is 0.934. The number of carbonyl (C=O) groups excluding carboxylic acids is 1. The Bertz CT molecular complexity index is 519. The second-order valence-corrected chi connectivity index (χ2v) is 3.43. The number of nitrogens with one attached hydrogen (secondary N) is 1. The molecule has 0 heterocycles. The summed E-state index contributed by atoms with van der Waals surface area (Å²) in [5.41, 5.74) is 0.153. The van der Waals surface area contributed by atoms with Gasteiger partial charge in [-0.25, -0.2) is 4.79 Å². The number of carboxylic acids is 1. The van der Waals surface area contributed by atoms with Gasteiger partial charge < -0.3 is 10.4 Å². The summed E-state index contributed by atoms with van der Waals surface area (Å²) in [5, 5.41) is 21.4. The van der Waals surface area contributed by atoms with Gasteiger partial charge in [-0.2, -0.15) is 0 Å². The van der Waals surface area contributed by atoms with E-state index in [1.54, 1.807) is 0 Å². The average Bonchev–Trinajstić information content (AvgIpc) is 2.29. The van der Waals surface area contributed by atoms with Crippen molar-refractivity contribution in [2.24, 2.45) is 0 Å². The molecule has 1 rings (SSSR count). The van der Waals surface area contributed by atoms with Crippen molar-refractivity contribution in [3.8, 4) is 0 Å². The summed E-state index contributed by atoms with van der Waals surface area (Å²) in [4.78, 5) is 31.7. The zero-order valence-corrected chi connectivity index (χ0v) is 9.41. The van der Waals surface area contributed by atoms with Crippen LogP contribution in [0.15, 0.2) is 35.9 Å². The normalized spacial score (nSPS) is 10.8. The Morgan fingerprint density at radius 3 is 2.33 bits per heavy atom. The predicted molar refractivity (Wildman–Crippen MR) is 63.1 cm³/mol. The van der Waals surface area contributed by atoms with Crippen molar-refractivity contribution in [2.45, 2.75) is 6.92 Å². The van der Waals surface area contributed by atoms with Gasteiger partial charge in [0.25, 0.3) is 5.69 Å². The van der Waals surface area contributed by atoms with Crippen LogP contribution in [0.2, 0.25) is 0 Å². The molecule has 7 nitrogen and oxygen atoms in total. The monoisotopic (exact) mass is 250 g/mol.